The van der Waals surface area contributed by atoms with Crippen molar-refractivity contribution in [3.8, 4) is 0 Å². The lowest BCUT2D eigenvalue weighted by Gasteiger charge is -2.24. The van der Waals surface area contributed by atoms with E-state index in [1.807, 2.05) is 0 Å². The topological polar surface area (TPSA) is 123 Å². The molecule has 0 unspecified atom stereocenters. The van der Waals surface area contributed by atoms with Crippen LogP contribution in [0.15, 0.2) is 17.7 Å². The third-order valence-electron chi connectivity index (χ3n) is 2.52. The molecule has 0 saturated carbocycles. The van der Waals surface area contributed by atoms with Gasteiger partial charge < -0.3 is 20.6 Å². The van der Waals surface area contributed by atoms with Crippen molar-refractivity contribution in [2.24, 2.45) is 5.16 Å². The lowest BCUT2D eigenvalue weighted by Crippen LogP contribution is -2.44. The summed E-state index contributed by atoms with van der Waals surface area (Å²) in [5.74, 6) is -0.934. The van der Waals surface area contributed by atoms with Gasteiger partial charge in [0.2, 0.25) is 6.33 Å². The van der Waals surface area contributed by atoms with Gasteiger partial charge in [0.1, 0.15) is 6.20 Å². The number of nitrogens with one attached hydrogen (secondary N) is 1. The largest absolute Gasteiger partial charge is 0.410 e. The monoisotopic (exact) mass is 255 g/mol. The first-order valence-electron chi connectivity index (χ1n) is 4.98. The van der Waals surface area contributed by atoms with Crippen LogP contribution in [0.5, 0.6) is 0 Å². The predicted molar refractivity (Wildman–Crippen MR) is 61.5 cm³/mol. The van der Waals surface area contributed by atoms with E-state index in [1.165, 1.54) is 17.9 Å². The maximum absolute atomic E-state index is 11.5. The number of imidazole rings is 1. The standard InChI is InChI=1S/C9H13N5O4/c1-9(2,7(12-16)8(15)10-3)13-4-6(11-5-13)14(17)18/h4-5,16H,1-3H3,(H,10,15)/b12-7-. The summed E-state index contributed by atoms with van der Waals surface area (Å²) >= 11 is 0. The molecule has 1 heterocycles. The summed E-state index contributed by atoms with van der Waals surface area (Å²) in [7, 11) is 1.39. The van der Waals surface area contributed by atoms with E-state index in [1.54, 1.807) is 13.8 Å². The van der Waals surface area contributed by atoms with Crippen molar-refractivity contribution in [2.75, 3.05) is 7.05 Å². The molecule has 0 radical (unpaired) electrons. The normalized spacial score (nSPS) is 12.3. The highest BCUT2D eigenvalue weighted by atomic mass is 16.6. The van der Waals surface area contributed by atoms with Crippen LogP contribution < -0.4 is 5.32 Å². The van der Waals surface area contributed by atoms with Gasteiger partial charge >= 0.3 is 5.82 Å². The second-order valence-electron chi connectivity index (χ2n) is 3.98. The number of oxime groups is 1. The number of hydrogen-bond acceptors (Lipinski definition) is 6. The van der Waals surface area contributed by atoms with Crippen LogP contribution in [0.25, 0.3) is 0 Å². The highest BCUT2D eigenvalue weighted by molar-refractivity contribution is 6.41. The van der Waals surface area contributed by atoms with Crippen LogP contribution in [0.1, 0.15) is 13.8 Å². The molecule has 1 aromatic rings. The smallest absolute Gasteiger partial charge is 0.381 e. The molecule has 0 atom stereocenters. The molecule has 0 aliphatic carbocycles. The summed E-state index contributed by atoms with van der Waals surface area (Å²) < 4.78 is 1.33. The quantitative estimate of drug-likeness (QED) is 0.342. The third-order valence-corrected chi connectivity index (χ3v) is 2.52. The summed E-state index contributed by atoms with van der Waals surface area (Å²) in [6.45, 7) is 3.14. The minimum Gasteiger partial charge on any atom is -0.410 e. The van der Waals surface area contributed by atoms with E-state index in [2.05, 4.69) is 15.5 Å². The van der Waals surface area contributed by atoms with E-state index in [4.69, 9.17) is 5.21 Å². The van der Waals surface area contributed by atoms with Crippen molar-refractivity contribution >= 4 is 17.4 Å². The van der Waals surface area contributed by atoms with Gasteiger partial charge in [-0.15, -0.1) is 0 Å². The van der Waals surface area contributed by atoms with Crippen molar-refractivity contribution in [1.29, 1.82) is 0 Å². The zero-order chi connectivity index (χ0) is 13.9. The van der Waals surface area contributed by atoms with Gasteiger partial charge in [0.05, 0.1) is 5.54 Å². The summed E-state index contributed by atoms with van der Waals surface area (Å²) in [5, 5.41) is 24.7. The van der Waals surface area contributed by atoms with E-state index in [0.29, 0.717) is 0 Å². The lowest BCUT2D eigenvalue weighted by atomic mass is 9.97. The molecule has 0 saturated heterocycles. The Balaban J connectivity index is 3.18. The summed E-state index contributed by atoms with van der Waals surface area (Å²) in [6.07, 6.45) is 2.36. The van der Waals surface area contributed by atoms with Crippen LogP contribution in [-0.2, 0) is 10.3 Å². The average molecular weight is 255 g/mol. The van der Waals surface area contributed by atoms with Crippen LogP contribution in [0.4, 0.5) is 5.82 Å². The van der Waals surface area contributed by atoms with Crippen LogP contribution in [0, 0.1) is 10.1 Å². The fraction of sp³-hybridized carbons (Fsp3) is 0.444. The molecule has 0 bridgehead atoms. The number of rotatable bonds is 4. The second kappa shape index (κ2) is 4.82. The molecule has 9 nitrogen and oxygen atoms in total. The second-order valence-corrected chi connectivity index (χ2v) is 3.98. The van der Waals surface area contributed by atoms with Gasteiger partial charge in [-0.2, -0.15) is 0 Å². The number of carbonyl (C=O) groups is 1. The molecule has 1 amide bonds. The zero-order valence-electron chi connectivity index (χ0n) is 10.1. The van der Waals surface area contributed by atoms with Gasteiger partial charge in [-0.25, -0.2) is 0 Å². The SMILES string of the molecule is CNC(=O)/C(=N/O)C(C)(C)n1cnc([N+](=O)[O-])c1. The molecule has 2 N–H and O–H groups in total. The molecular weight excluding hydrogens is 242 g/mol. The number of hydrogen-bond donors (Lipinski definition) is 2. The van der Waals surface area contributed by atoms with E-state index < -0.39 is 16.4 Å². The van der Waals surface area contributed by atoms with Gasteiger partial charge in [-0.1, -0.05) is 5.16 Å². The summed E-state index contributed by atoms with van der Waals surface area (Å²) in [4.78, 5) is 25.0. The highest BCUT2D eigenvalue weighted by Gasteiger charge is 2.34. The molecule has 98 valence electrons. The molecule has 18 heavy (non-hydrogen) atoms. The molecule has 0 fully saturated rings. The van der Waals surface area contributed by atoms with Crippen molar-refractivity contribution in [2.45, 2.75) is 19.4 Å². The zero-order valence-corrected chi connectivity index (χ0v) is 10.1. The number of amides is 1. The Morgan fingerprint density at radius 2 is 2.28 bits per heavy atom. The molecule has 9 heteroatoms. The first-order valence-corrected chi connectivity index (χ1v) is 4.98. The Labute approximate surface area is 102 Å². The van der Waals surface area contributed by atoms with Crippen molar-refractivity contribution in [3.05, 3.63) is 22.6 Å². The Morgan fingerprint density at radius 1 is 1.67 bits per heavy atom. The van der Waals surface area contributed by atoms with E-state index in [-0.39, 0.29) is 11.5 Å². The molecule has 1 aromatic heterocycles. The van der Waals surface area contributed by atoms with Crippen LogP contribution in [0.2, 0.25) is 0 Å². The Hall–Kier alpha value is -2.45. The molecule has 0 spiro atoms. The predicted octanol–water partition coefficient (Wildman–Crippen LogP) is 0.103. The fourth-order valence-corrected chi connectivity index (χ4v) is 1.40. The average Bonchev–Trinajstić information content (AvgIpc) is 2.79. The van der Waals surface area contributed by atoms with E-state index in [0.717, 1.165) is 6.20 Å². The lowest BCUT2D eigenvalue weighted by molar-refractivity contribution is -0.389. The van der Waals surface area contributed by atoms with Gasteiger partial charge in [-0.3, -0.25) is 9.36 Å². The van der Waals surface area contributed by atoms with Crippen molar-refractivity contribution in [3.63, 3.8) is 0 Å². The number of nitro groups is 1. The molecule has 0 aliphatic heterocycles. The van der Waals surface area contributed by atoms with Gasteiger partial charge in [-0.05, 0) is 23.8 Å². The fourth-order valence-electron chi connectivity index (χ4n) is 1.40. The number of aromatic nitrogens is 2. The highest BCUT2D eigenvalue weighted by Crippen LogP contribution is 2.20. The number of carbonyl (C=O) groups excluding carboxylic acids is 1. The van der Waals surface area contributed by atoms with Crippen LogP contribution >= 0.6 is 0 Å². The van der Waals surface area contributed by atoms with Crippen LogP contribution in [0.3, 0.4) is 0 Å². The minimum absolute atomic E-state index is 0.183. The first-order chi connectivity index (χ1) is 8.34. The summed E-state index contributed by atoms with van der Waals surface area (Å²) in [6, 6.07) is 0. The maximum Gasteiger partial charge on any atom is 0.381 e. The van der Waals surface area contributed by atoms with Gasteiger partial charge in [0, 0.05) is 7.05 Å². The Kier molecular flexibility index (Phi) is 3.64. The molecular formula is C9H13N5O4. The Morgan fingerprint density at radius 3 is 2.67 bits per heavy atom. The van der Waals surface area contributed by atoms with E-state index in [9.17, 15) is 14.9 Å². The molecule has 1 rings (SSSR count). The minimum atomic E-state index is -1.07. The molecule has 0 aliphatic rings. The number of nitrogens with zero attached hydrogens (tertiary/aromatic N) is 4. The van der Waals surface area contributed by atoms with Gasteiger partial charge in [0.25, 0.3) is 5.91 Å². The molecule has 0 aromatic carbocycles. The van der Waals surface area contributed by atoms with E-state index >= 15 is 0 Å². The maximum atomic E-state index is 11.5. The van der Waals surface area contributed by atoms with Gasteiger partial charge in [0.15, 0.2) is 5.71 Å². The summed E-state index contributed by atoms with van der Waals surface area (Å²) in [5.41, 5.74) is -1.26. The third kappa shape index (κ3) is 2.29. The van der Waals surface area contributed by atoms with Crippen LogP contribution in [-0.4, -0.2) is 38.3 Å². The van der Waals surface area contributed by atoms with Crippen molar-refractivity contribution < 1.29 is 14.9 Å². The van der Waals surface area contributed by atoms with Crippen molar-refractivity contribution in [1.82, 2.24) is 14.9 Å². The Bertz CT molecular complexity index is 505. The first kappa shape index (κ1) is 13.6.